The SMILES string of the molecule is CC1(C)CCN(Cc2cc3ccc(CN)cc3n2C(=O)OC(C)(C)C)CC1. The van der Waals surface area contributed by atoms with Crippen molar-refractivity contribution in [3.63, 3.8) is 0 Å². The van der Waals surface area contributed by atoms with Gasteiger partial charge in [0.1, 0.15) is 5.60 Å². The Morgan fingerprint density at radius 2 is 1.85 bits per heavy atom. The molecule has 5 heteroatoms. The van der Waals surface area contributed by atoms with E-state index >= 15 is 0 Å². The fourth-order valence-corrected chi connectivity index (χ4v) is 3.62. The molecule has 1 fully saturated rings. The Hall–Kier alpha value is -1.85. The van der Waals surface area contributed by atoms with Gasteiger partial charge in [-0.3, -0.25) is 4.90 Å². The Morgan fingerprint density at radius 1 is 1.19 bits per heavy atom. The molecule has 148 valence electrons. The fourth-order valence-electron chi connectivity index (χ4n) is 3.62. The van der Waals surface area contributed by atoms with E-state index in [9.17, 15) is 4.79 Å². The first-order valence-electron chi connectivity index (χ1n) is 9.87. The number of aromatic nitrogens is 1. The lowest BCUT2D eigenvalue weighted by Crippen LogP contribution is -2.37. The Morgan fingerprint density at radius 3 is 2.44 bits per heavy atom. The first-order chi connectivity index (χ1) is 12.6. The maximum absolute atomic E-state index is 13.0. The molecule has 2 aromatic rings. The summed E-state index contributed by atoms with van der Waals surface area (Å²) in [4.78, 5) is 15.4. The van der Waals surface area contributed by atoms with Gasteiger partial charge < -0.3 is 10.5 Å². The molecule has 0 bridgehead atoms. The molecule has 0 spiro atoms. The standard InChI is InChI=1S/C22H33N3O2/c1-21(2,3)27-20(26)25-18(15-24-10-8-22(4,5)9-11-24)13-17-7-6-16(14-23)12-19(17)25/h6-7,12-13H,8-11,14-15,23H2,1-5H3. The van der Waals surface area contributed by atoms with Gasteiger partial charge in [-0.2, -0.15) is 0 Å². The average molecular weight is 372 g/mol. The van der Waals surface area contributed by atoms with E-state index in [-0.39, 0.29) is 6.09 Å². The second-order valence-corrected chi connectivity index (χ2v) is 9.49. The number of benzene rings is 1. The van der Waals surface area contributed by atoms with Crippen LogP contribution in [0.5, 0.6) is 0 Å². The minimum absolute atomic E-state index is 0.320. The highest BCUT2D eigenvalue weighted by Gasteiger charge is 2.27. The minimum Gasteiger partial charge on any atom is -0.443 e. The summed E-state index contributed by atoms with van der Waals surface area (Å²) in [5.41, 5.74) is 8.55. The van der Waals surface area contributed by atoms with Crippen LogP contribution in [0.25, 0.3) is 10.9 Å². The normalized spacial score (nSPS) is 18.0. The summed E-state index contributed by atoms with van der Waals surface area (Å²) in [6.07, 6.45) is 2.03. The van der Waals surface area contributed by atoms with E-state index in [1.165, 1.54) is 12.8 Å². The Labute approximate surface area is 162 Å². The van der Waals surface area contributed by atoms with Gasteiger partial charge in [0.15, 0.2) is 0 Å². The molecule has 0 radical (unpaired) electrons. The van der Waals surface area contributed by atoms with Crippen LogP contribution < -0.4 is 5.73 Å². The van der Waals surface area contributed by atoms with Crippen LogP contribution in [0.2, 0.25) is 0 Å². The maximum atomic E-state index is 13.0. The number of fused-ring (bicyclic) bond motifs is 1. The number of rotatable bonds is 3. The summed E-state index contributed by atoms with van der Waals surface area (Å²) in [5, 5.41) is 1.05. The first kappa shape index (κ1) is 19.9. The molecule has 1 aromatic heterocycles. The molecule has 0 unspecified atom stereocenters. The van der Waals surface area contributed by atoms with E-state index < -0.39 is 5.60 Å². The van der Waals surface area contributed by atoms with Crippen LogP contribution in [0, 0.1) is 5.41 Å². The summed E-state index contributed by atoms with van der Waals surface area (Å²) < 4.78 is 7.44. The number of carbonyl (C=O) groups excluding carboxylic acids is 1. The van der Waals surface area contributed by atoms with E-state index in [4.69, 9.17) is 10.5 Å². The van der Waals surface area contributed by atoms with Crippen molar-refractivity contribution in [3.05, 3.63) is 35.5 Å². The minimum atomic E-state index is -0.536. The summed E-state index contributed by atoms with van der Waals surface area (Å²) in [7, 11) is 0. The molecule has 1 aliphatic heterocycles. The number of hydrogen-bond acceptors (Lipinski definition) is 4. The van der Waals surface area contributed by atoms with E-state index in [1.54, 1.807) is 4.57 Å². The highest BCUT2D eigenvalue weighted by molar-refractivity contribution is 5.91. The van der Waals surface area contributed by atoms with Gasteiger partial charge in [-0.25, -0.2) is 9.36 Å². The molecule has 0 amide bonds. The molecule has 2 heterocycles. The second-order valence-electron chi connectivity index (χ2n) is 9.49. The zero-order chi connectivity index (χ0) is 19.8. The van der Waals surface area contributed by atoms with E-state index in [0.717, 1.165) is 41.8 Å². The monoisotopic (exact) mass is 371 g/mol. The van der Waals surface area contributed by atoms with Crippen LogP contribution in [0.1, 0.15) is 58.7 Å². The second kappa shape index (κ2) is 7.28. The fraction of sp³-hybridized carbons (Fsp3) is 0.591. The highest BCUT2D eigenvalue weighted by atomic mass is 16.6. The molecule has 3 rings (SSSR count). The summed E-state index contributed by atoms with van der Waals surface area (Å²) in [6, 6.07) is 8.18. The largest absolute Gasteiger partial charge is 0.443 e. The zero-order valence-corrected chi connectivity index (χ0v) is 17.3. The predicted octanol–water partition coefficient (Wildman–Crippen LogP) is 4.51. The first-order valence-corrected chi connectivity index (χ1v) is 9.87. The number of ether oxygens (including phenoxy) is 1. The smallest absolute Gasteiger partial charge is 0.419 e. The third kappa shape index (κ3) is 4.71. The predicted molar refractivity (Wildman–Crippen MR) is 110 cm³/mol. The number of piperidine rings is 1. The Balaban J connectivity index is 1.95. The van der Waals surface area contributed by atoms with Crippen molar-refractivity contribution in [2.75, 3.05) is 13.1 Å². The lowest BCUT2D eigenvalue weighted by Gasteiger charge is -2.37. The molecule has 0 saturated carbocycles. The third-order valence-corrected chi connectivity index (χ3v) is 5.35. The van der Waals surface area contributed by atoms with Crippen LogP contribution in [0.4, 0.5) is 4.79 Å². The molecule has 5 nitrogen and oxygen atoms in total. The third-order valence-electron chi connectivity index (χ3n) is 5.35. The van der Waals surface area contributed by atoms with Crippen molar-refractivity contribution in [2.45, 2.75) is 66.2 Å². The lowest BCUT2D eigenvalue weighted by atomic mass is 9.83. The zero-order valence-electron chi connectivity index (χ0n) is 17.3. The van der Waals surface area contributed by atoms with Crippen LogP contribution in [-0.4, -0.2) is 34.3 Å². The van der Waals surface area contributed by atoms with Crippen LogP contribution >= 0.6 is 0 Å². The summed E-state index contributed by atoms with van der Waals surface area (Å²) >= 11 is 0. The number of nitrogens with zero attached hydrogens (tertiary/aromatic N) is 2. The number of nitrogens with two attached hydrogens (primary N) is 1. The van der Waals surface area contributed by atoms with E-state index in [0.29, 0.717) is 12.0 Å². The summed E-state index contributed by atoms with van der Waals surface area (Å²) in [5.74, 6) is 0. The van der Waals surface area contributed by atoms with Gasteiger partial charge in [0.2, 0.25) is 0 Å². The van der Waals surface area contributed by atoms with Crippen molar-refractivity contribution in [1.29, 1.82) is 0 Å². The maximum Gasteiger partial charge on any atom is 0.419 e. The Bertz CT molecular complexity index is 820. The highest BCUT2D eigenvalue weighted by Crippen LogP contribution is 2.31. The van der Waals surface area contributed by atoms with Gasteiger partial charge in [0.25, 0.3) is 0 Å². The van der Waals surface area contributed by atoms with Gasteiger partial charge in [-0.15, -0.1) is 0 Å². The van der Waals surface area contributed by atoms with Crippen molar-refractivity contribution < 1.29 is 9.53 Å². The van der Waals surface area contributed by atoms with Crippen molar-refractivity contribution in [1.82, 2.24) is 9.47 Å². The molecule has 0 aliphatic carbocycles. The Kier molecular flexibility index (Phi) is 5.37. The van der Waals surface area contributed by atoms with Gasteiger partial charge in [0.05, 0.1) is 5.52 Å². The van der Waals surface area contributed by atoms with Crippen LogP contribution in [-0.2, 0) is 17.8 Å². The van der Waals surface area contributed by atoms with Crippen LogP contribution in [0.3, 0.4) is 0 Å². The van der Waals surface area contributed by atoms with Crippen molar-refractivity contribution in [2.24, 2.45) is 11.1 Å². The average Bonchev–Trinajstić information content (AvgIpc) is 2.92. The van der Waals surface area contributed by atoms with E-state index in [1.807, 2.05) is 39.0 Å². The number of carbonyl (C=O) groups is 1. The molecule has 1 aliphatic rings. The molecular formula is C22H33N3O2. The van der Waals surface area contributed by atoms with Gasteiger partial charge in [0, 0.05) is 24.2 Å². The number of hydrogen-bond donors (Lipinski definition) is 1. The van der Waals surface area contributed by atoms with E-state index in [2.05, 4.69) is 24.8 Å². The van der Waals surface area contributed by atoms with Crippen molar-refractivity contribution >= 4 is 17.0 Å². The molecular weight excluding hydrogens is 338 g/mol. The molecule has 0 atom stereocenters. The molecule has 1 aromatic carbocycles. The molecule has 2 N–H and O–H groups in total. The van der Waals surface area contributed by atoms with Gasteiger partial charge in [-0.1, -0.05) is 26.0 Å². The quantitative estimate of drug-likeness (QED) is 0.863. The van der Waals surface area contributed by atoms with Gasteiger partial charge in [-0.05, 0) is 69.8 Å². The molecule has 27 heavy (non-hydrogen) atoms. The topological polar surface area (TPSA) is 60.5 Å². The number of likely N-dealkylation sites (tertiary alicyclic amines) is 1. The lowest BCUT2D eigenvalue weighted by molar-refractivity contribution is 0.0531. The van der Waals surface area contributed by atoms with Crippen molar-refractivity contribution in [3.8, 4) is 0 Å². The summed E-state index contributed by atoms with van der Waals surface area (Å²) in [6.45, 7) is 13.7. The molecule has 1 saturated heterocycles. The van der Waals surface area contributed by atoms with Gasteiger partial charge >= 0.3 is 6.09 Å². The van der Waals surface area contributed by atoms with Crippen LogP contribution in [0.15, 0.2) is 24.3 Å².